The minimum absolute atomic E-state index is 0.0612. The summed E-state index contributed by atoms with van der Waals surface area (Å²) in [6.07, 6.45) is 1.58. The zero-order chi connectivity index (χ0) is 14.0. The molecule has 0 bridgehead atoms. The van der Waals surface area contributed by atoms with E-state index in [0.29, 0.717) is 32.1 Å². The molecule has 0 aromatic rings. The lowest BCUT2D eigenvalue weighted by Crippen LogP contribution is -2.33. The second kappa shape index (κ2) is 9.34. The highest BCUT2D eigenvalue weighted by atomic mass is 16.5. The lowest BCUT2D eigenvalue weighted by molar-refractivity contribution is -0.121. The SMILES string of the molecule is CCC(=O)NCCOCC(C)(C)OCCC(C)C. The third kappa shape index (κ3) is 10.5. The predicted octanol–water partition coefficient (Wildman–Crippen LogP) is 2.37. The zero-order valence-electron chi connectivity index (χ0n) is 12.5. The van der Waals surface area contributed by atoms with Gasteiger partial charge in [0.05, 0.1) is 18.8 Å². The monoisotopic (exact) mass is 259 g/mol. The van der Waals surface area contributed by atoms with Gasteiger partial charge in [0.1, 0.15) is 0 Å². The van der Waals surface area contributed by atoms with Crippen molar-refractivity contribution in [2.75, 3.05) is 26.4 Å². The van der Waals surface area contributed by atoms with Crippen molar-refractivity contribution >= 4 is 5.91 Å². The average molecular weight is 259 g/mol. The van der Waals surface area contributed by atoms with Crippen LogP contribution in [0.2, 0.25) is 0 Å². The largest absolute Gasteiger partial charge is 0.377 e. The first kappa shape index (κ1) is 17.4. The molecule has 0 saturated carbocycles. The number of rotatable bonds is 10. The zero-order valence-corrected chi connectivity index (χ0v) is 12.5. The summed E-state index contributed by atoms with van der Waals surface area (Å²) < 4.78 is 11.3. The topological polar surface area (TPSA) is 47.6 Å². The molecule has 1 N–H and O–H groups in total. The molecular weight excluding hydrogens is 230 g/mol. The molecule has 0 atom stereocenters. The van der Waals surface area contributed by atoms with E-state index in [4.69, 9.17) is 9.47 Å². The summed E-state index contributed by atoms with van der Waals surface area (Å²) in [7, 11) is 0. The smallest absolute Gasteiger partial charge is 0.219 e. The van der Waals surface area contributed by atoms with Crippen molar-refractivity contribution in [1.82, 2.24) is 5.32 Å². The van der Waals surface area contributed by atoms with Crippen LogP contribution in [0, 0.1) is 5.92 Å². The van der Waals surface area contributed by atoms with Crippen molar-refractivity contribution in [3.63, 3.8) is 0 Å². The summed E-state index contributed by atoms with van der Waals surface area (Å²) >= 11 is 0. The third-order valence-corrected chi connectivity index (χ3v) is 2.53. The number of amides is 1. The van der Waals surface area contributed by atoms with Crippen LogP contribution in [0.5, 0.6) is 0 Å². The normalized spacial score (nSPS) is 11.9. The molecule has 0 aromatic heterocycles. The number of nitrogens with one attached hydrogen (secondary N) is 1. The van der Waals surface area contributed by atoms with Crippen molar-refractivity contribution in [1.29, 1.82) is 0 Å². The number of carbonyl (C=O) groups is 1. The van der Waals surface area contributed by atoms with Gasteiger partial charge in [-0.05, 0) is 26.2 Å². The molecule has 4 nitrogen and oxygen atoms in total. The second-order valence-electron chi connectivity index (χ2n) is 5.55. The second-order valence-corrected chi connectivity index (χ2v) is 5.55. The number of ether oxygens (including phenoxy) is 2. The van der Waals surface area contributed by atoms with Gasteiger partial charge in [-0.25, -0.2) is 0 Å². The van der Waals surface area contributed by atoms with Crippen LogP contribution in [-0.2, 0) is 14.3 Å². The predicted molar refractivity (Wildman–Crippen MR) is 73.6 cm³/mol. The van der Waals surface area contributed by atoms with E-state index in [1.165, 1.54) is 0 Å². The number of hydrogen-bond acceptors (Lipinski definition) is 3. The molecule has 4 heteroatoms. The fourth-order valence-electron chi connectivity index (χ4n) is 1.32. The van der Waals surface area contributed by atoms with Gasteiger partial charge in [0, 0.05) is 19.6 Å². The van der Waals surface area contributed by atoms with Gasteiger partial charge < -0.3 is 14.8 Å². The molecule has 0 radical (unpaired) electrons. The highest BCUT2D eigenvalue weighted by Gasteiger charge is 2.18. The Morgan fingerprint density at radius 3 is 2.50 bits per heavy atom. The first-order chi connectivity index (χ1) is 8.37. The van der Waals surface area contributed by atoms with E-state index in [1.54, 1.807) is 0 Å². The quantitative estimate of drug-likeness (QED) is 0.613. The summed E-state index contributed by atoms with van der Waals surface area (Å²) in [5.41, 5.74) is -0.260. The van der Waals surface area contributed by atoms with Crippen molar-refractivity contribution < 1.29 is 14.3 Å². The first-order valence-corrected chi connectivity index (χ1v) is 6.85. The molecule has 0 spiro atoms. The van der Waals surface area contributed by atoms with E-state index in [-0.39, 0.29) is 11.5 Å². The Kier molecular flexibility index (Phi) is 9.02. The lowest BCUT2D eigenvalue weighted by atomic mass is 10.1. The van der Waals surface area contributed by atoms with Gasteiger partial charge in [-0.2, -0.15) is 0 Å². The van der Waals surface area contributed by atoms with E-state index in [9.17, 15) is 4.79 Å². The van der Waals surface area contributed by atoms with Gasteiger partial charge in [-0.3, -0.25) is 4.79 Å². The first-order valence-electron chi connectivity index (χ1n) is 6.85. The highest BCUT2D eigenvalue weighted by Crippen LogP contribution is 2.11. The van der Waals surface area contributed by atoms with Crippen LogP contribution >= 0.6 is 0 Å². The standard InChI is InChI=1S/C14H29NO3/c1-6-13(16)15-8-10-17-11-14(4,5)18-9-7-12(2)3/h12H,6-11H2,1-5H3,(H,15,16). The van der Waals surface area contributed by atoms with Crippen LogP contribution in [0.1, 0.15) is 47.5 Å². The fourth-order valence-corrected chi connectivity index (χ4v) is 1.32. The molecule has 0 heterocycles. The number of carbonyl (C=O) groups excluding carboxylic acids is 1. The molecular formula is C14H29NO3. The van der Waals surface area contributed by atoms with E-state index < -0.39 is 0 Å². The third-order valence-electron chi connectivity index (χ3n) is 2.53. The molecule has 0 aromatic carbocycles. The maximum Gasteiger partial charge on any atom is 0.219 e. The van der Waals surface area contributed by atoms with Gasteiger partial charge in [-0.15, -0.1) is 0 Å². The van der Waals surface area contributed by atoms with Crippen LogP contribution in [0.15, 0.2) is 0 Å². The molecule has 0 aliphatic heterocycles. The Labute approximate surface area is 111 Å². The molecule has 0 fully saturated rings. The highest BCUT2D eigenvalue weighted by molar-refractivity contribution is 5.75. The Morgan fingerprint density at radius 1 is 1.28 bits per heavy atom. The molecule has 108 valence electrons. The maximum absolute atomic E-state index is 11.0. The Bertz CT molecular complexity index is 227. The molecule has 18 heavy (non-hydrogen) atoms. The van der Waals surface area contributed by atoms with Gasteiger partial charge in [0.2, 0.25) is 5.91 Å². The van der Waals surface area contributed by atoms with Crippen molar-refractivity contribution in [2.24, 2.45) is 5.92 Å². The Balaban J connectivity index is 3.54. The average Bonchev–Trinajstić information content (AvgIpc) is 2.27. The maximum atomic E-state index is 11.0. The van der Waals surface area contributed by atoms with Crippen LogP contribution in [0.4, 0.5) is 0 Å². The summed E-state index contributed by atoms with van der Waals surface area (Å²) in [4.78, 5) is 11.0. The van der Waals surface area contributed by atoms with Gasteiger partial charge in [0.25, 0.3) is 0 Å². The van der Waals surface area contributed by atoms with Crippen molar-refractivity contribution in [3.8, 4) is 0 Å². The molecule has 0 aliphatic rings. The summed E-state index contributed by atoms with van der Waals surface area (Å²) in [6.45, 7) is 12.7. The molecule has 1 amide bonds. The summed E-state index contributed by atoms with van der Waals surface area (Å²) in [5.74, 6) is 0.719. The molecule has 0 rings (SSSR count). The molecule has 0 unspecified atom stereocenters. The van der Waals surface area contributed by atoms with Gasteiger partial charge in [-0.1, -0.05) is 20.8 Å². The van der Waals surface area contributed by atoms with Gasteiger partial charge in [0.15, 0.2) is 0 Å². The minimum Gasteiger partial charge on any atom is -0.377 e. The van der Waals surface area contributed by atoms with Crippen LogP contribution in [-0.4, -0.2) is 37.9 Å². The van der Waals surface area contributed by atoms with Crippen LogP contribution in [0.3, 0.4) is 0 Å². The summed E-state index contributed by atoms with van der Waals surface area (Å²) in [6, 6.07) is 0. The van der Waals surface area contributed by atoms with E-state index in [1.807, 2.05) is 20.8 Å². The summed E-state index contributed by atoms with van der Waals surface area (Å²) in [5, 5.41) is 2.77. The fraction of sp³-hybridized carbons (Fsp3) is 0.929. The van der Waals surface area contributed by atoms with Crippen LogP contribution in [0.25, 0.3) is 0 Å². The van der Waals surface area contributed by atoms with Crippen LogP contribution < -0.4 is 5.32 Å². The van der Waals surface area contributed by atoms with Gasteiger partial charge >= 0.3 is 0 Å². The number of hydrogen-bond donors (Lipinski definition) is 1. The van der Waals surface area contributed by atoms with E-state index in [2.05, 4.69) is 19.2 Å². The molecule has 0 aliphatic carbocycles. The van der Waals surface area contributed by atoms with Crippen molar-refractivity contribution in [3.05, 3.63) is 0 Å². The molecule has 0 saturated heterocycles. The Hall–Kier alpha value is -0.610. The van der Waals surface area contributed by atoms with E-state index in [0.717, 1.165) is 13.0 Å². The van der Waals surface area contributed by atoms with E-state index >= 15 is 0 Å². The minimum atomic E-state index is -0.260. The lowest BCUT2D eigenvalue weighted by Gasteiger charge is -2.25. The Morgan fingerprint density at radius 2 is 1.94 bits per heavy atom. The van der Waals surface area contributed by atoms with Crippen molar-refractivity contribution in [2.45, 2.75) is 53.1 Å².